The molecule has 4 nitrogen and oxygen atoms in total. The fourth-order valence-corrected chi connectivity index (χ4v) is 1.87. The van der Waals surface area contributed by atoms with Crippen molar-refractivity contribution in [2.75, 3.05) is 7.11 Å². The Hall–Kier alpha value is -1.55. The third-order valence-electron chi connectivity index (χ3n) is 3.19. The molecule has 0 bridgehead atoms. The second kappa shape index (κ2) is 6.06. The van der Waals surface area contributed by atoms with Gasteiger partial charge in [0.1, 0.15) is 11.8 Å². The minimum atomic E-state index is -0.967. The first-order valence-electron chi connectivity index (χ1n) is 6.41. The summed E-state index contributed by atoms with van der Waals surface area (Å²) in [4.78, 5) is 10.7. The van der Waals surface area contributed by atoms with Gasteiger partial charge in [-0.05, 0) is 35.4 Å². The SMILES string of the molecule is COc1ccc(C(C)(C)C)cc1CCC(N)C(=O)O. The van der Waals surface area contributed by atoms with Crippen LogP contribution in [0.1, 0.15) is 38.3 Å². The maximum Gasteiger partial charge on any atom is 0.320 e. The minimum Gasteiger partial charge on any atom is -0.496 e. The van der Waals surface area contributed by atoms with Gasteiger partial charge >= 0.3 is 5.97 Å². The Bertz CT molecular complexity index is 449. The Balaban J connectivity index is 2.94. The lowest BCUT2D eigenvalue weighted by Crippen LogP contribution is -2.30. The summed E-state index contributed by atoms with van der Waals surface area (Å²) in [7, 11) is 1.62. The number of aryl methyl sites for hydroxylation is 1. The molecule has 0 aromatic heterocycles. The number of methoxy groups -OCH3 is 1. The van der Waals surface area contributed by atoms with Gasteiger partial charge in [0.25, 0.3) is 0 Å². The zero-order valence-electron chi connectivity index (χ0n) is 12.1. The van der Waals surface area contributed by atoms with Crippen LogP contribution in [0, 0.1) is 0 Å². The van der Waals surface area contributed by atoms with E-state index >= 15 is 0 Å². The van der Waals surface area contributed by atoms with E-state index in [2.05, 4.69) is 26.8 Å². The van der Waals surface area contributed by atoms with Crippen LogP contribution in [0.15, 0.2) is 18.2 Å². The van der Waals surface area contributed by atoms with Crippen molar-refractivity contribution < 1.29 is 14.6 Å². The van der Waals surface area contributed by atoms with E-state index in [1.807, 2.05) is 12.1 Å². The van der Waals surface area contributed by atoms with Crippen LogP contribution in [0.25, 0.3) is 0 Å². The molecule has 19 heavy (non-hydrogen) atoms. The summed E-state index contributed by atoms with van der Waals surface area (Å²) in [5.41, 5.74) is 7.80. The molecule has 0 aliphatic carbocycles. The largest absolute Gasteiger partial charge is 0.496 e. The summed E-state index contributed by atoms with van der Waals surface area (Å²) in [6, 6.07) is 5.22. The molecule has 0 aliphatic rings. The Morgan fingerprint density at radius 2 is 2.05 bits per heavy atom. The maximum absolute atomic E-state index is 10.7. The molecule has 1 atom stereocenters. The van der Waals surface area contributed by atoms with Gasteiger partial charge in [-0.1, -0.05) is 32.9 Å². The predicted molar refractivity (Wildman–Crippen MR) is 75.6 cm³/mol. The predicted octanol–water partition coefficient (Wildman–Crippen LogP) is 2.34. The molecule has 1 aromatic rings. The number of carbonyl (C=O) groups is 1. The maximum atomic E-state index is 10.7. The van der Waals surface area contributed by atoms with Gasteiger partial charge in [-0.2, -0.15) is 0 Å². The fourth-order valence-electron chi connectivity index (χ4n) is 1.87. The van der Waals surface area contributed by atoms with Crippen LogP contribution in [-0.4, -0.2) is 24.2 Å². The lowest BCUT2D eigenvalue weighted by molar-refractivity contribution is -0.138. The van der Waals surface area contributed by atoms with Gasteiger partial charge in [-0.3, -0.25) is 4.79 Å². The van der Waals surface area contributed by atoms with Crippen LogP contribution in [0.5, 0.6) is 5.75 Å². The fraction of sp³-hybridized carbons (Fsp3) is 0.533. The van der Waals surface area contributed by atoms with E-state index in [0.717, 1.165) is 11.3 Å². The second-order valence-corrected chi connectivity index (χ2v) is 5.76. The first kappa shape index (κ1) is 15.5. The van der Waals surface area contributed by atoms with Gasteiger partial charge in [-0.15, -0.1) is 0 Å². The normalized spacial score (nSPS) is 13.1. The molecule has 0 amide bonds. The van der Waals surface area contributed by atoms with Crippen molar-refractivity contribution in [3.05, 3.63) is 29.3 Å². The Morgan fingerprint density at radius 1 is 1.42 bits per heavy atom. The molecule has 0 spiro atoms. The second-order valence-electron chi connectivity index (χ2n) is 5.76. The van der Waals surface area contributed by atoms with E-state index in [0.29, 0.717) is 12.8 Å². The Labute approximate surface area is 114 Å². The van der Waals surface area contributed by atoms with Gasteiger partial charge < -0.3 is 15.6 Å². The topological polar surface area (TPSA) is 72.5 Å². The third-order valence-corrected chi connectivity index (χ3v) is 3.19. The lowest BCUT2D eigenvalue weighted by atomic mass is 9.85. The summed E-state index contributed by atoms with van der Waals surface area (Å²) in [6.45, 7) is 6.42. The number of carboxylic acid groups (broad SMARTS) is 1. The van der Waals surface area contributed by atoms with E-state index in [-0.39, 0.29) is 5.41 Å². The van der Waals surface area contributed by atoms with Gasteiger partial charge in [0.15, 0.2) is 0 Å². The highest BCUT2D eigenvalue weighted by Gasteiger charge is 2.17. The van der Waals surface area contributed by atoms with Crippen molar-refractivity contribution in [1.82, 2.24) is 0 Å². The molecule has 0 heterocycles. The number of nitrogens with two attached hydrogens (primary N) is 1. The molecule has 0 fully saturated rings. The Morgan fingerprint density at radius 3 is 2.53 bits per heavy atom. The molecule has 106 valence electrons. The van der Waals surface area contributed by atoms with Crippen molar-refractivity contribution in [2.45, 2.75) is 45.1 Å². The van der Waals surface area contributed by atoms with Gasteiger partial charge in [0.05, 0.1) is 7.11 Å². The van der Waals surface area contributed by atoms with Crippen molar-refractivity contribution >= 4 is 5.97 Å². The first-order valence-corrected chi connectivity index (χ1v) is 6.41. The third kappa shape index (κ3) is 4.24. The van der Waals surface area contributed by atoms with E-state index in [9.17, 15) is 4.79 Å². The van der Waals surface area contributed by atoms with Crippen LogP contribution in [0.4, 0.5) is 0 Å². The van der Waals surface area contributed by atoms with E-state index in [4.69, 9.17) is 15.6 Å². The van der Waals surface area contributed by atoms with Crippen LogP contribution < -0.4 is 10.5 Å². The molecular weight excluding hydrogens is 242 g/mol. The molecule has 0 saturated heterocycles. The summed E-state index contributed by atoms with van der Waals surface area (Å²) >= 11 is 0. The summed E-state index contributed by atoms with van der Waals surface area (Å²) in [5.74, 6) is -0.184. The number of hydrogen-bond donors (Lipinski definition) is 2. The van der Waals surface area contributed by atoms with E-state index in [1.54, 1.807) is 7.11 Å². The summed E-state index contributed by atoms with van der Waals surface area (Å²) in [6.07, 6.45) is 1.000. The van der Waals surface area contributed by atoms with Crippen molar-refractivity contribution in [2.24, 2.45) is 5.73 Å². The molecule has 0 saturated carbocycles. The average Bonchev–Trinajstić information content (AvgIpc) is 2.34. The zero-order chi connectivity index (χ0) is 14.6. The molecule has 3 N–H and O–H groups in total. The number of aliphatic carboxylic acids is 1. The number of rotatable bonds is 5. The number of benzene rings is 1. The smallest absolute Gasteiger partial charge is 0.320 e. The number of carboxylic acids is 1. The van der Waals surface area contributed by atoms with E-state index < -0.39 is 12.0 Å². The van der Waals surface area contributed by atoms with Gasteiger partial charge in [0, 0.05) is 0 Å². The molecular formula is C15H23NO3. The highest BCUT2D eigenvalue weighted by molar-refractivity contribution is 5.73. The highest BCUT2D eigenvalue weighted by atomic mass is 16.5. The minimum absolute atomic E-state index is 0.0515. The molecule has 1 rings (SSSR count). The average molecular weight is 265 g/mol. The quantitative estimate of drug-likeness (QED) is 0.857. The van der Waals surface area contributed by atoms with Crippen molar-refractivity contribution in [3.63, 3.8) is 0 Å². The highest BCUT2D eigenvalue weighted by Crippen LogP contribution is 2.28. The van der Waals surface area contributed by atoms with Gasteiger partial charge in [-0.25, -0.2) is 0 Å². The van der Waals surface area contributed by atoms with Gasteiger partial charge in [0.2, 0.25) is 0 Å². The Kier molecular flexibility index (Phi) is 4.95. The number of ether oxygens (including phenoxy) is 1. The summed E-state index contributed by atoms with van der Waals surface area (Å²) < 4.78 is 5.32. The molecule has 0 aliphatic heterocycles. The monoisotopic (exact) mass is 265 g/mol. The van der Waals surface area contributed by atoms with Crippen molar-refractivity contribution in [1.29, 1.82) is 0 Å². The molecule has 0 radical (unpaired) electrons. The first-order chi connectivity index (χ1) is 8.75. The molecule has 1 unspecified atom stereocenters. The lowest BCUT2D eigenvalue weighted by Gasteiger charge is -2.21. The van der Waals surface area contributed by atoms with Crippen LogP contribution >= 0.6 is 0 Å². The van der Waals surface area contributed by atoms with Crippen LogP contribution in [0.2, 0.25) is 0 Å². The van der Waals surface area contributed by atoms with Crippen LogP contribution in [-0.2, 0) is 16.6 Å². The number of hydrogen-bond acceptors (Lipinski definition) is 3. The zero-order valence-corrected chi connectivity index (χ0v) is 12.1. The van der Waals surface area contributed by atoms with Crippen molar-refractivity contribution in [3.8, 4) is 5.75 Å². The standard InChI is InChI=1S/C15H23NO3/c1-15(2,3)11-6-8-13(19-4)10(9-11)5-7-12(16)14(17)18/h6,8-9,12H,5,7,16H2,1-4H3,(H,17,18). The van der Waals surface area contributed by atoms with Crippen LogP contribution in [0.3, 0.4) is 0 Å². The summed E-state index contributed by atoms with van der Waals surface area (Å²) in [5, 5.41) is 8.81. The molecule has 1 aromatic carbocycles. The van der Waals surface area contributed by atoms with E-state index in [1.165, 1.54) is 5.56 Å². The molecule has 4 heteroatoms.